The average Bonchev–Trinajstić information content (AvgIpc) is 2.76. The van der Waals surface area contributed by atoms with Gasteiger partial charge in [0.1, 0.15) is 0 Å². The van der Waals surface area contributed by atoms with Gasteiger partial charge in [0.15, 0.2) is 11.6 Å². The summed E-state index contributed by atoms with van der Waals surface area (Å²) < 4.78 is 0. The molecular weight excluding hydrogens is 368 g/mol. The highest BCUT2D eigenvalue weighted by molar-refractivity contribution is 6.00. The minimum absolute atomic E-state index is 0.0287. The summed E-state index contributed by atoms with van der Waals surface area (Å²) >= 11 is 0. The minimum Gasteiger partial charge on any atom is -0.295 e. The molecule has 4 aromatic carbocycles. The summed E-state index contributed by atoms with van der Waals surface area (Å²) in [7, 11) is 0. The van der Waals surface area contributed by atoms with Crippen LogP contribution in [0.1, 0.15) is 79.8 Å². The number of fused-ring (bicyclic) bond motifs is 1. The van der Waals surface area contributed by atoms with Gasteiger partial charge >= 0.3 is 0 Å². The fourth-order valence-electron chi connectivity index (χ4n) is 5.66. The molecule has 2 unspecified atom stereocenters. The molecule has 0 fully saturated rings. The third-order valence-corrected chi connectivity index (χ3v) is 6.81. The molecule has 2 nitrogen and oxygen atoms in total. The maximum atomic E-state index is 12.6. The number of hydrogen-bond donors (Lipinski definition) is 0. The molecule has 0 saturated heterocycles. The van der Waals surface area contributed by atoms with E-state index in [0.29, 0.717) is 0 Å². The number of Topliss-reactive ketones (excluding diaryl/α,β-unsaturated/α-hetero) is 2. The molecule has 0 aromatic heterocycles. The zero-order valence-electron chi connectivity index (χ0n) is 16.9. The second kappa shape index (κ2) is 5.99. The quantitative estimate of drug-likeness (QED) is 0.329. The van der Waals surface area contributed by atoms with Crippen molar-refractivity contribution in [2.24, 2.45) is 0 Å². The fraction of sp³-hybridized carbons (Fsp3) is 0.143. The van der Waals surface area contributed by atoms with Crippen molar-refractivity contribution >= 4 is 22.3 Å². The lowest BCUT2D eigenvalue weighted by Gasteiger charge is -2.44. The van der Waals surface area contributed by atoms with Gasteiger partial charge in [0, 0.05) is 23.0 Å². The zero-order valence-corrected chi connectivity index (χ0v) is 16.9. The lowest BCUT2D eigenvalue weighted by Crippen LogP contribution is -2.30. The van der Waals surface area contributed by atoms with E-state index in [1.165, 1.54) is 21.9 Å². The fourth-order valence-corrected chi connectivity index (χ4v) is 5.66. The third-order valence-electron chi connectivity index (χ3n) is 6.81. The Balaban J connectivity index is 1.77. The van der Waals surface area contributed by atoms with Crippen LogP contribution >= 0.6 is 0 Å². The minimum atomic E-state index is -0.0287. The highest BCUT2D eigenvalue weighted by Crippen LogP contribution is 2.57. The number of carbonyl (C=O) groups excluding carboxylic acids is 2. The zero-order chi connectivity index (χ0) is 20.6. The Morgan fingerprint density at radius 2 is 1.00 bits per heavy atom. The van der Waals surface area contributed by atoms with Crippen molar-refractivity contribution in [1.29, 1.82) is 0 Å². The molecule has 144 valence electrons. The molecule has 0 amide bonds. The number of carbonyl (C=O) groups is 2. The van der Waals surface area contributed by atoms with Gasteiger partial charge in [-0.25, -0.2) is 0 Å². The average molecular weight is 388 g/mol. The van der Waals surface area contributed by atoms with Gasteiger partial charge in [-0.1, -0.05) is 60.7 Å². The molecule has 3 aliphatic rings. The van der Waals surface area contributed by atoms with Gasteiger partial charge in [-0.05, 0) is 70.1 Å². The molecule has 3 aliphatic carbocycles. The number of rotatable bonds is 2. The third kappa shape index (κ3) is 2.14. The van der Waals surface area contributed by atoms with E-state index in [0.717, 1.165) is 33.4 Å². The molecule has 0 aliphatic heterocycles. The van der Waals surface area contributed by atoms with Crippen molar-refractivity contribution < 1.29 is 9.59 Å². The molecule has 0 saturated carbocycles. The van der Waals surface area contributed by atoms with Crippen LogP contribution in [0.25, 0.3) is 10.8 Å². The van der Waals surface area contributed by atoms with E-state index in [4.69, 9.17) is 0 Å². The topological polar surface area (TPSA) is 34.1 Å². The van der Waals surface area contributed by atoms with E-state index in [1.54, 1.807) is 13.8 Å². The molecule has 2 atom stereocenters. The number of ketones is 2. The molecule has 7 rings (SSSR count). The standard InChI is InChI=1S/C28H20O2/c1-15(29)19-9-5-11-21-25(19)27-22-12-6-10-20(16(2)30)26(22)28(21)24-14-18-8-4-3-7-17(18)13-23(24)27/h3-14,27-28H,1-2H3. The second-order valence-electron chi connectivity index (χ2n) is 8.42. The van der Waals surface area contributed by atoms with Crippen molar-refractivity contribution in [3.63, 3.8) is 0 Å². The van der Waals surface area contributed by atoms with Crippen LogP contribution in [0.2, 0.25) is 0 Å². The SMILES string of the molecule is CC(=O)c1cccc2c1C1c3cc4ccccc4cc3C2c2c(C(C)=O)cccc21. The summed E-state index contributed by atoms with van der Waals surface area (Å²) in [4.78, 5) is 25.1. The molecule has 0 radical (unpaired) electrons. The summed E-state index contributed by atoms with van der Waals surface area (Å²) in [5, 5.41) is 2.41. The van der Waals surface area contributed by atoms with Gasteiger partial charge in [0.05, 0.1) is 0 Å². The van der Waals surface area contributed by atoms with Crippen LogP contribution in [-0.4, -0.2) is 11.6 Å². The van der Waals surface area contributed by atoms with Crippen molar-refractivity contribution in [3.05, 3.63) is 117 Å². The van der Waals surface area contributed by atoms with E-state index >= 15 is 0 Å². The van der Waals surface area contributed by atoms with Crippen LogP contribution in [-0.2, 0) is 0 Å². The Hall–Kier alpha value is -3.52. The van der Waals surface area contributed by atoms with E-state index in [2.05, 4.69) is 48.5 Å². The second-order valence-corrected chi connectivity index (χ2v) is 8.42. The molecule has 0 N–H and O–H groups in total. The maximum absolute atomic E-state index is 12.6. The van der Waals surface area contributed by atoms with Crippen molar-refractivity contribution in [2.75, 3.05) is 0 Å². The predicted octanol–water partition coefficient (Wildman–Crippen LogP) is 6.23. The van der Waals surface area contributed by atoms with E-state index in [-0.39, 0.29) is 23.4 Å². The molecule has 2 bridgehead atoms. The maximum Gasteiger partial charge on any atom is 0.160 e. The predicted molar refractivity (Wildman–Crippen MR) is 119 cm³/mol. The van der Waals surface area contributed by atoms with E-state index < -0.39 is 0 Å². The van der Waals surface area contributed by atoms with E-state index in [9.17, 15) is 9.59 Å². The lowest BCUT2D eigenvalue weighted by molar-refractivity contribution is 0.100. The summed E-state index contributed by atoms with van der Waals surface area (Å²) in [5.74, 6) is 0.120. The van der Waals surface area contributed by atoms with Gasteiger partial charge < -0.3 is 0 Å². The first-order chi connectivity index (χ1) is 14.6. The summed E-state index contributed by atoms with van der Waals surface area (Å²) in [6.45, 7) is 3.29. The summed E-state index contributed by atoms with van der Waals surface area (Å²) in [5.41, 5.74) is 8.66. The van der Waals surface area contributed by atoms with Crippen molar-refractivity contribution in [1.82, 2.24) is 0 Å². The monoisotopic (exact) mass is 388 g/mol. The highest BCUT2D eigenvalue weighted by atomic mass is 16.1. The highest BCUT2D eigenvalue weighted by Gasteiger charge is 2.44. The van der Waals surface area contributed by atoms with Gasteiger partial charge in [-0.3, -0.25) is 9.59 Å². The Morgan fingerprint density at radius 1 is 0.567 bits per heavy atom. The van der Waals surface area contributed by atoms with Crippen LogP contribution in [0.15, 0.2) is 72.8 Å². The molecule has 0 spiro atoms. The molecule has 4 aromatic rings. The van der Waals surface area contributed by atoms with Crippen LogP contribution in [0.5, 0.6) is 0 Å². The first-order valence-electron chi connectivity index (χ1n) is 10.4. The van der Waals surface area contributed by atoms with Crippen LogP contribution < -0.4 is 0 Å². The molecule has 0 heterocycles. The smallest absolute Gasteiger partial charge is 0.160 e. The molecule has 30 heavy (non-hydrogen) atoms. The van der Waals surface area contributed by atoms with Crippen LogP contribution in [0.4, 0.5) is 0 Å². The van der Waals surface area contributed by atoms with Gasteiger partial charge in [-0.15, -0.1) is 0 Å². The first kappa shape index (κ1) is 17.3. The van der Waals surface area contributed by atoms with Crippen LogP contribution in [0.3, 0.4) is 0 Å². The summed E-state index contributed by atoms with van der Waals surface area (Å²) in [6, 6.07) is 25.1. The normalized spacial score (nSPS) is 17.9. The van der Waals surface area contributed by atoms with Crippen LogP contribution in [0, 0.1) is 0 Å². The number of benzene rings is 4. The van der Waals surface area contributed by atoms with Gasteiger partial charge in [0.25, 0.3) is 0 Å². The Labute approximate surface area is 175 Å². The molecule has 2 heteroatoms. The number of hydrogen-bond acceptors (Lipinski definition) is 2. The van der Waals surface area contributed by atoms with Crippen molar-refractivity contribution in [2.45, 2.75) is 25.7 Å². The Morgan fingerprint density at radius 3 is 1.40 bits per heavy atom. The largest absolute Gasteiger partial charge is 0.295 e. The Kier molecular flexibility index (Phi) is 3.47. The van der Waals surface area contributed by atoms with Crippen molar-refractivity contribution in [3.8, 4) is 0 Å². The summed E-state index contributed by atoms with van der Waals surface area (Å²) in [6.07, 6.45) is 0. The Bertz CT molecular complexity index is 1300. The first-order valence-corrected chi connectivity index (χ1v) is 10.4. The van der Waals surface area contributed by atoms with Gasteiger partial charge in [0.2, 0.25) is 0 Å². The molecular formula is C28H20O2. The lowest BCUT2D eigenvalue weighted by atomic mass is 9.58. The van der Waals surface area contributed by atoms with E-state index in [1.807, 2.05) is 24.3 Å². The van der Waals surface area contributed by atoms with Gasteiger partial charge in [-0.2, -0.15) is 0 Å².